The van der Waals surface area contributed by atoms with E-state index in [1.54, 1.807) is 26.0 Å². The molecule has 0 saturated heterocycles. The number of rotatable bonds is 4. The number of hydrogen-bond acceptors (Lipinski definition) is 3. The van der Waals surface area contributed by atoms with Crippen molar-refractivity contribution >= 4 is 21.4 Å². The molecule has 0 heterocycles. The molecule has 17 heavy (non-hydrogen) atoms. The molecule has 0 bridgehead atoms. The molecule has 0 saturated carbocycles. The molecule has 3 nitrogen and oxygen atoms in total. The quantitative estimate of drug-likeness (QED) is 0.920. The summed E-state index contributed by atoms with van der Waals surface area (Å²) in [5, 5.41) is 8.76. The number of sulfone groups is 1. The fourth-order valence-electron chi connectivity index (χ4n) is 1.41. The van der Waals surface area contributed by atoms with Crippen molar-refractivity contribution in [3.8, 4) is 0 Å². The van der Waals surface area contributed by atoms with Crippen LogP contribution in [0.25, 0.3) is 0 Å². The fraction of sp³-hybridized carbons (Fsp3) is 0.500. The van der Waals surface area contributed by atoms with Crippen molar-refractivity contribution in [2.45, 2.75) is 36.8 Å². The summed E-state index contributed by atoms with van der Waals surface area (Å²) in [5.41, 5.74) is 0.834. The molecule has 1 aromatic rings. The molecule has 0 aromatic heterocycles. The summed E-state index contributed by atoms with van der Waals surface area (Å²) in [6.45, 7) is 5.10. The Morgan fingerprint density at radius 1 is 1.29 bits per heavy atom. The van der Waals surface area contributed by atoms with Gasteiger partial charge in [-0.25, -0.2) is 8.42 Å². The van der Waals surface area contributed by atoms with Gasteiger partial charge in [-0.05, 0) is 31.5 Å². The SMILES string of the molecule is CC(CO)c1ccc(S(=O)(=O)C(C)C)c(Cl)c1. The Hall–Kier alpha value is -0.580. The van der Waals surface area contributed by atoms with Gasteiger partial charge in [0.15, 0.2) is 9.84 Å². The van der Waals surface area contributed by atoms with Crippen molar-refractivity contribution in [3.63, 3.8) is 0 Å². The van der Waals surface area contributed by atoms with E-state index in [-0.39, 0.29) is 22.4 Å². The lowest BCUT2D eigenvalue weighted by molar-refractivity contribution is 0.273. The highest BCUT2D eigenvalue weighted by molar-refractivity contribution is 7.92. The van der Waals surface area contributed by atoms with Crippen molar-refractivity contribution in [2.75, 3.05) is 6.61 Å². The lowest BCUT2D eigenvalue weighted by Gasteiger charge is -2.13. The molecule has 0 spiro atoms. The predicted octanol–water partition coefficient (Wildman–Crippen LogP) is 2.62. The minimum Gasteiger partial charge on any atom is -0.396 e. The highest BCUT2D eigenvalue weighted by atomic mass is 35.5. The summed E-state index contributed by atoms with van der Waals surface area (Å²) >= 11 is 6.00. The highest BCUT2D eigenvalue weighted by Crippen LogP contribution is 2.28. The zero-order valence-electron chi connectivity index (χ0n) is 10.1. The standard InChI is InChI=1S/C12H17ClO3S/c1-8(2)17(15,16)12-5-4-10(6-11(12)13)9(3)7-14/h4-6,8-9,14H,7H2,1-3H3. The van der Waals surface area contributed by atoms with E-state index in [2.05, 4.69) is 0 Å². The van der Waals surface area contributed by atoms with Gasteiger partial charge in [0.2, 0.25) is 0 Å². The molecule has 0 amide bonds. The Kier molecular flexibility index (Phi) is 4.58. The van der Waals surface area contributed by atoms with E-state index in [0.717, 1.165) is 5.56 Å². The minimum atomic E-state index is -3.35. The topological polar surface area (TPSA) is 54.4 Å². The van der Waals surface area contributed by atoms with Crippen LogP contribution in [0.15, 0.2) is 23.1 Å². The van der Waals surface area contributed by atoms with Gasteiger partial charge in [0.25, 0.3) is 0 Å². The van der Waals surface area contributed by atoms with Crippen molar-refractivity contribution in [3.05, 3.63) is 28.8 Å². The van der Waals surface area contributed by atoms with Gasteiger partial charge < -0.3 is 5.11 Å². The monoisotopic (exact) mass is 276 g/mol. The first-order chi connectivity index (χ1) is 7.80. The summed E-state index contributed by atoms with van der Waals surface area (Å²) in [4.78, 5) is 0.156. The number of benzene rings is 1. The van der Waals surface area contributed by atoms with Gasteiger partial charge in [0, 0.05) is 12.5 Å². The van der Waals surface area contributed by atoms with Crippen LogP contribution in [0.4, 0.5) is 0 Å². The maximum absolute atomic E-state index is 12.0. The van der Waals surface area contributed by atoms with E-state index in [0.29, 0.717) is 0 Å². The normalized spacial score (nSPS) is 14.0. The molecule has 0 aliphatic heterocycles. The predicted molar refractivity (Wildman–Crippen MR) is 69.3 cm³/mol. The average Bonchev–Trinajstić information content (AvgIpc) is 2.27. The molecule has 1 N–H and O–H groups in total. The third-order valence-electron chi connectivity index (χ3n) is 2.73. The number of hydrogen-bond donors (Lipinski definition) is 1. The van der Waals surface area contributed by atoms with Crippen molar-refractivity contribution in [2.24, 2.45) is 0 Å². The molecular formula is C12H17ClO3S. The van der Waals surface area contributed by atoms with Gasteiger partial charge in [-0.2, -0.15) is 0 Å². The molecule has 0 aliphatic rings. The Balaban J connectivity index is 3.24. The van der Waals surface area contributed by atoms with Crippen LogP contribution in [0.1, 0.15) is 32.3 Å². The first-order valence-corrected chi connectivity index (χ1v) is 7.37. The van der Waals surface area contributed by atoms with E-state index < -0.39 is 15.1 Å². The van der Waals surface area contributed by atoms with Crippen LogP contribution in [0.5, 0.6) is 0 Å². The van der Waals surface area contributed by atoms with E-state index in [4.69, 9.17) is 16.7 Å². The third-order valence-corrected chi connectivity index (χ3v) is 5.36. The Labute approximate surface area is 107 Å². The second kappa shape index (κ2) is 5.38. The maximum atomic E-state index is 12.0. The lowest BCUT2D eigenvalue weighted by Crippen LogP contribution is -2.14. The zero-order chi connectivity index (χ0) is 13.2. The van der Waals surface area contributed by atoms with Crippen LogP contribution in [0.3, 0.4) is 0 Å². The lowest BCUT2D eigenvalue weighted by atomic mass is 10.0. The van der Waals surface area contributed by atoms with Gasteiger partial charge >= 0.3 is 0 Å². The Morgan fingerprint density at radius 2 is 1.88 bits per heavy atom. The van der Waals surface area contributed by atoms with Crippen molar-refractivity contribution in [1.82, 2.24) is 0 Å². The Morgan fingerprint density at radius 3 is 2.29 bits per heavy atom. The van der Waals surface area contributed by atoms with Gasteiger partial charge in [-0.15, -0.1) is 0 Å². The molecule has 0 radical (unpaired) electrons. The fourth-order valence-corrected chi connectivity index (χ4v) is 3.02. The first kappa shape index (κ1) is 14.5. The van der Waals surface area contributed by atoms with Crippen LogP contribution in [-0.2, 0) is 9.84 Å². The molecule has 1 aromatic carbocycles. The highest BCUT2D eigenvalue weighted by Gasteiger charge is 2.22. The van der Waals surface area contributed by atoms with E-state index >= 15 is 0 Å². The van der Waals surface area contributed by atoms with Gasteiger partial charge in [-0.1, -0.05) is 24.6 Å². The van der Waals surface area contributed by atoms with E-state index in [1.165, 1.54) is 6.07 Å². The summed E-state index contributed by atoms with van der Waals surface area (Å²) < 4.78 is 23.9. The Bertz CT molecular complexity index is 494. The first-order valence-electron chi connectivity index (χ1n) is 5.45. The van der Waals surface area contributed by atoms with E-state index in [9.17, 15) is 8.42 Å². The second-order valence-electron chi connectivity index (χ2n) is 4.37. The van der Waals surface area contributed by atoms with Gasteiger partial charge in [-0.3, -0.25) is 0 Å². The number of halogens is 1. The second-order valence-corrected chi connectivity index (χ2v) is 7.25. The van der Waals surface area contributed by atoms with Crippen LogP contribution < -0.4 is 0 Å². The summed E-state index contributed by atoms with van der Waals surface area (Å²) in [6, 6.07) is 4.82. The molecule has 0 aliphatic carbocycles. The zero-order valence-corrected chi connectivity index (χ0v) is 11.7. The molecule has 0 fully saturated rings. The van der Waals surface area contributed by atoms with Crippen LogP contribution >= 0.6 is 11.6 Å². The molecular weight excluding hydrogens is 260 g/mol. The molecule has 96 valence electrons. The minimum absolute atomic E-state index is 0.00655. The largest absolute Gasteiger partial charge is 0.396 e. The molecule has 5 heteroatoms. The maximum Gasteiger partial charge on any atom is 0.182 e. The molecule has 1 atom stereocenters. The van der Waals surface area contributed by atoms with Crippen molar-refractivity contribution in [1.29, 1.82) is 0 Å². The molecule has 1 unspecified atom stereocenters. The van der Waals surface area contributed by atoms with E-state index in [1.807, 2.05) is 6.92 Å². The van der Waals surface area contributed by atoms with Crippen LogP contribution in [0, 0.1) is 0 Å². The molecule has 1 rings (SSSR count). The number of aliphatic hydroxyl groups is 1. The third kappa shape index (κ3) is 3.00. The van der Waals surface area contributed by atoms with Crippen LogP contribution in [0.2, 0.25) is 5.02 Å². The van der Waals surface area contributed by atoms with Crippen molar-refractivity contribution < 1.29 is 13.5 Å². The summed E-state index contributed by atoms with van der Waals surface area (Å²) in [7, 11) is -3.35. The van der Waals surface area contributed by atoms with Crippen LogP contribution in [-0.4, -0.2) is 25.4 Å². The summed E-state index contributed by atoms with van der Waals surface area (Å²) in [6.07, 6.45) is 0. The summed E-state index contributed by atoms with van der Waals surface area (Å²) in [5.74, 6) is -0.0525. The van der Waals surface area contributed by atoms with Gasteiger partial charge in [0.1, 0.15) is 0 Å². The van der Waals surface area contributed by atoms with Gasteiger partial charge in [0.05, 0.1) is 15.2 Å². The number of aliphatic hydroxyl groups excluding tert-OH is 1. The smallest absolute Gasteiger partial charge is 0.182 e. The average molecular weight is 277 g/mol.